The third kappa shape index (κ3) is 4.22. The van der Waals surface area contributed by atoms with Gasteiger partial charge in [-0.1, -0.05) is 48.1 Å². The maximum Gasteiger partial charge on any atom is 0.309 e. The fourth-order valence-corrected chi connectivity index (χ4v) is 6.21. The number of cyclic esters (lactones) is 1. The van der Waals surface area contributed by atoms with Crippen LogP contribution in [0.3, 0.4) is 0 Å². The zero-order chi connectivity index (χ0) is 24.8. The van der Waals surface area contributed by atoms with Crippen LogP contribution in [0.15, 0.2) is 60.7 Å². The first-order chi connectivity index (χ1) is 17.4. The standard InChI is InChI=1S/C28H24FN3O3S/c1-15(33)30-19-10-12-24-25(14-19)36-28(32-24)31-23-11-9-18(13-22(23)29)16-5-7-17(8-6-16)26-20-3-2-4-21(20)27(34)35-26/h5-14,20-21,26H,2-4H2,1H3,(H,30,33)(H,31,32). The van der Waals surface area contributed by atoms with Gasteiger partial charge in [-0.2, -0.15) is 0 Å². The molecule has 6 rings (SSSR count). The number of amides is 1. The quantitative estimate of drug-likeness (QED) is 0.293. The van der Waals surface area contributed by atoms with E-state index in [0.29, 0.717) is 16.5 Å². The largest absolute Gasteiger partial charge is 0.457 e. The molecule has 36 heavy (non-hydrogen) atoms. The number of esters is 1. The fourth-order valence-electron chi connectivity index (χ4n) is 5.29. The highest BCUT2D eigenvalue weighted by Crippen LogP contribution is 2.48. The fraction of sp³-hybridized carbons (Fsp3) is 0.250. The first kappa shape index (κ1) is 22.7. The van der Waals surface area contributed by atoms with Gasteiger partial charge in [-0.3, -0.25) is 9.59 Å². The van der Waals surface area contributed by atoms with Gasteiger partial charge in [0.15, 0.2) is 5.13 Å². The molecular weight excluding hydrogens is 477 g/mol. The van der Waals surface area contributed by atoms with Crippen molar-refractivity contribution in [3.05, 3.63) is 72.0 Å². The van der Waals surface area contributed by atoms with Crippen LogP contribution in [0.2, 0.25) is 0 Å². The van der Waals surface area contributed by atoms with Crippen molar-refractivity contribution in [2.45, 2.75) is 32.3 Å². The summed E-state index contributed by atoms with van der Waals surface area (Å²) < 4.78 is 21.6. The molecule has 1 aliphatic carbocycles. The van der Waals surface area contributed by atoms with Crippen LogP contribution in [-0.4, -0.2) is 16.9 Å². The molecule has 2 N–H and O–H groups in total. The Morgan fingerprint density at radius 3 is 2.64 bits per heavy atom. The molecule has 182 valence electrons. The smallest absolute Gasteiger partial charge is 0.309 e. The summed E-state index contributed by atoms with van der Waals surface area (Å²) >= 11 is 1.39. The molecule has 1 amide bonds. The molecule has 0 spiro atoms. The Labute approximate surface area is 211 Å². The lowest BCUT2D eigenvalue weighted by Crippen LogP contribution is -2.09. The molecule has 1 aromatic heterocycles. The van der Waals surface area contributed by atoms with Gasteiger partial charge < -0.3 is 15.4 Å². The van der Waals surface area contributed by atoms with E-state index in [2.05, 4.69) is 15.6 Å². The van der Waals surface area contributed by atoms with Crippen LogP contribution in [0.1, 0.15) is 37.9 Å². The molecule has 2 aliphatic rings. The Bertz CT molecular complexity index is 1480. The molecule has 4 aromatic rings. The van der Waals surface area contributed by atoms with Gasteiger partial charge in [0.05, 0.1) is 21.8 Å². The second-order valence-electron chi connectivity index (χ2n) is 9.38. The summed E-state index contributed by atoms with van der Waals surface area (Å²) in [4.78, 5) is 28.0. The number of hydrogen-bond donors (Lipinski definition) is 2. The molecule has 0 radical (unpaired) electrons. The minimum absolute atomic E-state index is 0.0403. The number of anilines is 3. The first-order valence-electron chi connectivity index (χ1n) is 12.0. The number of nitrogens with one attached hydrogen (secondary N) is 2. The summed E-state index contributed by atoms with van der Waals surface area (Å²) in [5.41, 5.74) is 4.45. The molecule has 1 saturated heterocycles. The Balaban J connectivity index is 1.18. The maximum atomic E-state index is 15.0. The molecule has 3 aromatic carbocycles. The highest BCUT2D eigenvalue weighted by Gasteiger charge is 2.47. The molecular formula is C28H24FN3O3S. The van der Waals surface area contributed by atoms with E-state index in [0.717, 1.165) is 46.2 Å². The molecule has 2 heterocycles. The lowest BCUT2D eigenvalue weighted by atomic mass is 9.89. The minimum atomic E-state index is -0.381. The highest BCUT2D eigenvalue weighted by atomic mass is 32.1. The van der Waals surface area contributed by atoms with Crippen LogP contribution in [0.25, 0.3) is 21.3 Å². The van der Waals surface area contributed by atoms with Gasteiger partial charge in [-0.05, 0) is 59.9 Å². The highest BCUT2D eigenvalue weighted by molar-refractivity contribution is 7.22. The second kappa shape index (κ2) is 9.02. The predicted molar refractivity (Wildman–Crippen MR) is 139 cm³/mol. The summed E-state index contributed by atoms with van der Waals surface area (Å²) in [6.07, 6.45) is 2.85. The van der Waals surface area contributed by atoms with Gasteiger partial charge in [0.1, 0.15) is 11.9 Å². The Kier molecular flexibility index (Phi) is 5.68. The third-order valence-corrected chi connectivity index (χ3v) is 7.93. The van der Waals surface area contributed by atoms with Crippen molar-refractivity contribution in [3.8, 4) is 11.1 Å². The van der Waals surface area contributed by atoms with Gasteiger partial charge in [-0.25, -0.2) is 9.37 Å². The molecule has 1 saturated carbocycles. The molecule has 3 unspecified atom stereocenters. The number of ether oxygens (including phenoxy) is 1. The normalized spacial score (nSPS) is 20.8. The van der Waals surface area contributed by atoms with Crippen LogP contribution in [0.5, 0.6) is 0 Å². The predicted octanol–water partition coefficient (Wildman–Crippen LogP) is 6.82. The molecule has 6 nitrogen and oxygen atoms in total. The lowest BCUT2D eigenvalue weighted by molar-refractivity contribution is -0.144. The van der Waals surface area contributed by atoms with Crippen LogP contribution in [0, 0.1) is 17.7 Å². The monoisotopic (exact) mass is 501 g/mol. The van der Waals surface area contributed by atoms with Gasteiger partial charge >= 0.3 is 5.97 Å². The van der Waals surface area contributed by atoms with E-state index in [-0.39, 0.29) is 35.6 Å². The minimum Gasteiger partial charge on any atom is -0.457 e. The number of aromatic nitrogens is 1. The topological polar surface area (TPSA) is 80.3 Å². The zero-order valence-corrected chi connectivity index (χ0v) is 20.4. The first-order valence-corrected chi connectivity index (χ1v) is 12.8. The van der Waals surface area contributed by atoms with E-state index in [1.807, 2.05) is 42.5 Å². The maximum absolute atomic E-state index is 15.0. The van der Waals surface area contributed by atoms with Crippen molar-refractivity contribution in [2.24, 2.45) is 11.8 Å². The summed E-state index contributed by atoms with van der Waals surface area (Å²) in [5, 5.41) is 6.39. The molecule has 1 aliphatic heterocycles. The number of rotatable bonds is 5. The van der Waals surface area contributed by atoms with E-state index >= 15 is 4.39 Å². The molecule has 8 heteroatoms. The van der Waals surface area contributed by atoms with Crippen molar-refractivity contribution in [1.29, 1.82) is 0 Å². The van der Waals surface area contributed by atoms with Gasteiger partial charge in [0, 0.05) is 18.5 Å². The number of nitrogens with zero attached hydrogens (tertiary/aromatic N) is 1. The molecule has 3 atom stereocenters. The van der Waals surface area contributed by atoms with Crippen molar-refractivity contribution in [2.75, 3.05) is 10.6 Å². The number of benzene rings is 3. The number of halogens is 1. The SMILES string of the molecule is CC(=O)Nc1ccc2nc(Nc3ccc(-c4ccc(C5OC(=O)C6CCCC65)cc4)cc3F)sc2c1. The average molecular weight is 502 g/mol. The van der Waals surface area contributed by atoms with Crippen LogP contribution in [0.4, 0.5) is 20.9 Å². The van der Waals surface area contributed by atoms with E-state index in [1.165, 1.54) is 24.3 Å². The van der Waals surface area contributed by atoms with Crippen molar-refractivity contribution < 1.29 is 18.7 Å². The third-order valence-electron chi connectivity index (χ3n) is 7.00. The van der Waals surface area contributed by atoms with Crippen LogP contribution in [-0.2, 0) is 14.3 Å². The van der Waals surface area contributed by atoms with E-state index in [1.54, 1.807) is 12.1 Å². The van der Waals surface area contributed by atoms with E-state index in [9.17, 15) is 9.59 Å². The molecule has 0 bridgehead atoms. The van der Waals surface area contributed by atoms with E-state index in [4.69, 9.17) is 4.74 Å². The number of hydrogen-bond acceptors (Lipinski definition) is 6. The van der Waals surface area contributed by atoms with Crippen molar-refractivity contribution in [3.63, 3.8) is 0 Å². The summed E-state index contributed by atoms with van der Waals surface area (Å²) in [6, 6.07) is 18.4. The second-order valence-corrected chi connectivity index (χ2v) is 10.4. The van der Waals surface area contributed by atoms with Crippen LogP contribution >= 0.6 is 11.3 Å². The van der Waals surface area contributed by atoms with Crippen molar-refractivity contribution in [1.82, 2.24) is 4.98 Å². The summed E-state index contributed by atoms with van der Waals surface area (Å²) in [7, 11) is 0. The number of fused-ring (bicyclic) bond motifs is 2. The average Bonchev–Trinajstić information content (AvgIpc) is 3.56. The van der Waals surface area contributed by atoms with Gasteiger partial charge in [0.25, 0.3) is 0 Å². The van der Waals surface area contributed by atoms with E-state index < -0.39 is 0 Å². The van der Waals surface area contributed by atoms with Crippen molar-refractivity contribution >= 4 is 49.9 Å². The number of carbonyl (C=O) groups is 2. The summed E-state index contributed by atoms with van der Waals surface area (Å²) in [6.45, 7) is 1.46. The summed E-state index contributed by atoms with van der Waals surface area (Å²) in [5.74, 6) is -0.283. The van der Waals surface area contributed by atoms with Gasteiger partial charge in [0.2, 0.25) is 5.91 Å². The number of thiazole rings is 1. The Morgan fingerprint density at radius 1 is 1.06 bits per heavy atom. The van der Waals surface area contributed by atoms with Crippen LogP contribution < -0.4 is 10.6 Å². The number of carbonyl (C=O) groups excluding carboxylic acids is 2. The zero-order valence-electron chi connectivity index (χ0n) is 19.6. The Morgan fingerprint density at radius 2 is 1.86 bits per heavy atom. The Hall–Kier alpha value is -3.78. The lowest BCUT2D eigenvalue weighted by Gasteiger charge is -2.16. The van der Waals surface area contributed by atoms with Gasteiger partial charge in [-0.15, -0.1) is 0 Å². The molecule has 2 fully saturated rings.